The third kappa shape index (κ3) is 3.16. The van der Waals surface area contributed by atoms with Crippen LogP contribution in [-0.2, 0) is 4.74 Å². The molecule has 0 aromatic rings. The first-order chi connectivity index (χ1) is 7.25. The van der Waals surface area contributed by atoms with Crippen LogP contribution in [0.15, 0.2) is 0 Å². The van der Waals surface area contributed by atoms with Gasteiger partial charge in [0.2, 0.25) is 0 Å². The second kappa shape index (κ2) is 5.28. The molecule has 0 bridgehead atoms. The lowest BCUT2D eigenvalue weighted by molar-refractivity contribution is 0.169. The van der Waals surface area contributed by atoms with Gasteiger partial charge in [-0.05, 0) is 52.2 Å². The van der Waals surface area contributed by atoms with Crippen LogP contribution in [0.3, 0.4) is 0 Å². The third-order valence-electron chi connectivity index (χ3n) is 3.89. The Morgan fingerprint density at radius 2 is 2.00 bits per heavy atom. The molecule has 2 rings (SSSR count). The highest BCUT2D eigenvalue weighted by molar-refractivity contribution is 4.82. The molecule has 2 aliphatic heterocycles. The predicted octanol–water partition coefficient (Wildman–Crippen LogP) is 1.10. The maximum atomic E-state index is 5.44. The van der Waals surface area contributed by atoms with Crippen molar-refractivity contribution in [3.8, 4) is 0 Å². The standard InChI is InChI=1S/C12H24N2O/c1-10(11-5-8-15-9-11)13-12-3-6-14(2)7-4-12/h10-13H,3-9H2,1-2H3/t10-,11-/m1/s1. The summed E-state index contributed by atoms with van der Waals surface area (Å²) in [5, 5.41) is 3.77. The second-order valence-corrected chi connectivity index (χ2v) is 5.16. The van der Waals surface area contributed by atoms with Gasteiger partial charge in [0.05, 0.1) is 6.61 Å². The first kappa shape index (κ1) is 11.4. The molecule has 88 valence electrons. The van der Waals surface area contributed by atoms with Crippen LogP contribution in [-0.4, -0.2) is 50.3 Å². The van der Waals surface area contributed by atoms with E-state index in [9.17, 15) is 0 Å². The van der Waals surface area contributed by atoms with Crippen LogP contribution in [0.5, 0.6) is 0 Å². The topological polar surface area (TPSA) is 24.5 Å². The van der Waals surface area contributed by atoms with Gasteiger partial charge in [-0.1, -0.05) is 0 Å². The summed E-state index contributed by atoms with van der Waals surface area (Å²) in [4.78, 5) is 2.42. The summed E-state index contributed by atoms with van der Waals surface area (Å²) in [7, 11) is 2.21. The summed E-state index contributed by atoms with van der Waals surface area (Å²) >= 11 is 0. The quantitative estimate of drug-likeness (QED) is 0.758. The molecular weight excluding hydrogens is 188 g/mol. The van der Waals surface area contributed by atoms with Crippen molar-refractivity contribution in [2.24, 2.45) is 5.92 Å². The lowest BCUT2D eigenvalue weighted by Crippen LogP contribution is -2.46. The van der Waals surface area contributed by atoms with Gasteiger partial charge >= 0.3 is 0 Å². The van der Waals surface area contributed by atoms with Crippen molar-refractivity contribution in [3.63, 3.8) is 0 Å². The number of rotatable bonds is 3. The Labute approximate surface area is 93.2 Å². The Hall–Kier alpha value is -0.120. The first-order valence-electron chi connectivity index (χ1n) is 6.28. The van der Waals surface area contributed by atoms with Gasteiger partial charge in [0.25, 0.3) is 0 Å². The SMILES string of the molecule is C[C@@H](NC1CCN(C)CC1)[C@@H]1CCOC1. The summed E-state index contributed by atoms with van der Waals surface area (Å²) in [6.45, 7) is 6.72. The maximum Gasteiger partial charge on any atom is 0.0509 e. The number of nitrogens with zero attached hydrogens (tertiary/aromatic N) is 1. The average Bonchev–Trinajstić information content (AvgIpc) is 2.74. The minimum atomic E-state index is 0.626. The number of ether oxygens (including phenoxy) is 1. The Balaban J connectivity index is 1.71. The van der Waals surface area contributed by atoms with Crippen molar-refractivity contribution in [2.45, 2.75) is 38.3 Å². The second-order valence-electron chi connectivity index (χ2n) is 5.16. The van der Waals surface area contributed by atoms with Crippen LogP contribution in [0.1, 0.15) is 26.2 Å². The Morgan fingerprint density at radius 1 is 1.27 bits per heavy atom. The summed E-state index contributed by atoms with van der Waals surface area (Å²) in [5.41, 5.74) is 0. The van der Waals surface area contributed by atoms with Gasteiger partial charge in [0.1, 0.15) is 0 Å². The lowest BCUT2D eigenvalue weighted by Gasteiger charge is -2.33. The molecule has 1 N–H and O–H groups in total. The van der Waals surface area contributed by atoms with Crippen LogP contribution in [0.4, 0.5) is 0 Å². The summed E-state index contributed by atoms with van der Waals surface area (Å²) in [6, 6.07) is 1.36. The van der Waals surface area contributed by atoms with Crippen molar-refractivity contribution in [2.75, 3.05) is 33.4 Å². The minimum absolute atomic E-state index is 0.626. The fourth-order valence-corrected chi connectivity index (χ4v) is 2.63. The molecule has 0 amide bonds. The summed E-state index contributed by atoms with van der Waals surface area (Å²) in [5.74, 6) is 0.740. The van der Waals surface area contributed by atoms with Gasteiger partial charge in [0, 0.05) is 18.7 Å². The van der Waals surface area contributed by atoms with E-state index in [0.717, 1.165) is 25.2 Å². The number of hydrogen-bond donors (Lipinski definition) is 1. The highest BCUT2D eigenvalue weighted by atomic mass is 16.5. The third-order valence-corrected chi connectivity index (χ3v) is 3.89. The molecule has 15 heavy (non-hydrogen) atoms. The molecule has 2 saturated heterocycles. The molecule has 2 aliphatic rings. The van der Waals surface area contributed by atoms with E-state index >= 15 is 0 Å². The van der Waals surface area contributed by atoms with Gasteiger partial charge in [0.15, 0.2) is 0 Å². The van der Waals surface area contributed by atoms with E-state index < -0.39 is 0 Å². The summed E-state index contributed by atoms with van der Waals surface area (Å²) < 4.78 is 5.44. The van der Waals surface area contributed by atoms with Crippen LogP contribution < -0.4 is 5.32 Å². The molecule has 3 nitrogen and oxygen atoms in total. The molecule has 0 aromatic heterocycles. The molecule has 0 unspecified atom stereocenters. The molecule has 3 heteroatoms. The van der Waals surface area contributed by atoms with Gasteiger partial charge in [-0.25, -0.2) is 0 Å². The van der Waals surface area contributed by atoms with Crippen molar-refractivity contribution in [1.82, 2.24) is 10.2 Å². The van der Waals surface area contributed by atoms with Gasteiger partial charge in [-0.2, -0.15) is 0 Å². The molecule has 0 radical (unpaired) electrons. The van der Waals surface area contributed by atoms with Gasteiger partial charge in [-0.15, -0.1) is 0 Å². The fraction of sp³-hybridized carbons (Fsp3) is 1.00. The molecule has 2 atom stereocenters. The predicted molar refractivity (Wildman–Crippen MR) is 62.0 cm³/mol. The number of piperidine rings is 1. The zero-order chi connectivity index (χ0) is 10.7. The molecular formula is C12H24N2O. The van der Waals surface area contributed by atoms with E-state index in [1.54, 1.807) is 0 Å². The Morgan fingerprint density at radius 3 is 2.60 bits per heavy atom. The molecule has 0 saturated carbocycles. The molecule has 0 spiro atoms. The molecule has 2 heterocycles. The number of hydrogen-bond acceptors (Lipinski definition) is 3. The van der Waals surface area contributed by atoms with Crippen LogP contribution in [0.2, 0.25) is 0 Å². The van der Waals surface area contributed by atoms with E-state index in [4.69, 9.17) is 4.74 Å². The highest BCUT2D eigenvalue weighted by Crippen LogP contribution is 2.18. The molecule has 0 aromatic carbocycles. The smallest absolute Gasteiger partial charge is 0.0509 e. The van der Waals surface area contributed by atoms with Gasteiger partial charge < -0.3 is 15.0 Å². The van der Waals surface area contributed by atoms with Crippen molar-refractivity contribution in [1.29, 1.82) is 0 Å². The zero-order valence-electron chi connectivity index (χ0n) is 10.0. The normalized spacial score (nSPS) is 32.0. The van der Waals surface area contributed by atoms with Crippen LogP contribution in [0, 0.1) is 5.92 Å². The van der Waals surface area contributed by atoms with E-state index in [1.807, 2.05) is 0 Å². The van der Waals surface area contributed by atoms with Crippen molar-refractivity contribution in [3.05, 3.63) is 0 Å². The highest BCUT2D eigenvalue weighted by Gasteiger charge is 2.25. The van der Waals surface area contributed by atoms with Gasteiger partial charge in [-0.3, -0.25) is 0 Å². The van der Waals surface area contributed by atoms with E-state index in [2.05, 4.69) is 24.2 Å². The minimum Gasteiger partial charge on any atom is -0.381 e. The van der Waals surface area contributed by atoms with Crippen LogP contribution >= 0.6 is 0 Å². The summed E-state index contributed by atoms with van der Waals surface area (Å²) in [6.07, 6.45) is 3.84. The van der Waals surface area contributed by atoms with Crippen molar-refractivity contribution >= 4 is 0 Å². The Kier molecular flexibility index (Phi) is 4.00. The van der Waals surface area contributed by atoms with Crippen LogP contribution in [0.25, 0.3) is 0 Å². The lowest BCUT2D eigenvalue weighted by atomic mass is 9.97. The average molecular weight is 212 g/mol. The van der Waals surface area contributed by atoms with E-state index in [0.29, 0.717) is 6.04 Å². The monoisotopic (exact) mass is 212 g/mol. The number of nitrogens with one attached hydrogen (secondary N) is 1. The fourth-order valence-electron chi connectivity index (χ4n) is 2.63. The largest absolute Gasteiger partial charge is 0.381 e. The molecule has 2 fully saturated rings. The zero-order valence-corrected chi connectivity index (χ0v) is 10.0. The van der Waals surface area contributed by atoms with E-state index in [-0.39, 0.29) is 0 Å². The Bertz CT molecular complexity index is 184. The molecule has 0 aliphatic carbocycles. The van der Waals surface area contributed by atoms with E-state index in [1.165, 1.54) is 32.4 Å². The maximum absolute atomic E-state index is 5.44. The first-order valence-corrected chi connectivity index (χ1v) is 6.28. The van der Waals surface area contributed by atoms with Crippen molar-refractivity contribution < 1.29 is 4.74 Å². The number of likely N-dealkylation sites (tertiary alicyclic amines) is 1.